The molecule has 0 fully saturated rings. The summed E-state index contributed by atoms with van der Waals surface area (Å²) in [6.07, 6.45) is 3.20. The lowest BCUT2D eigenvalue weighted by molar-refractivity contribution is -0.130. The van der Waals surface area contributed by atoms with E-state index < -0.39 is 6.04 Å². The minimum absolute atomic E-state index is 0. The number of halogens is 2. The zero-order valence-corrected chi connectivity index (χ0v) is 20.4. The van der Waals surface area contributed by atoms with Gasteiger partial charge in [0.1, 0.15) is 6.54 Å². The Morgan fingerprint density at radius 3 is 2.25 bits per heavy atom. The van der Waals surface area contributed by atoms with Crippen LogP contribution >= 0.6 is 24.8 Å². The summed E-state index contributed by atoms with van der Waals surface area (Å²) in [6, 6.07) is 16.9. The molecule has 0 radical (unpaired) electrons. The van der Waals surface area contributed by atoms with E-state index >= 15 is 0 Å². The molecule has 32 heavy (non-hydrogen) atoms. The van der Waals surface area contributed by atoms with Crippen molar-refractivity contribution in [3.8, 4) is 0 Å². The zero-order valence-electron chi connectivity index (χ0n) is 18.7. The van der Waals surface area contributed by atoms with Crippen LogP contribution in [0.1, 0.15) is 15.9 Å². The van der Waals surface area contributed by atoms with Crippen molar-refractivity contribution in [1.29, 1.82) is 0 Å². The normalized spacial score (nSPS) is 11.5. The SMILES string of the molecule is CN(C)CCc1cn(C(=O)CN(C)C(=O)C(N)Cc2ccccc2)c2ccccc12.Cl.Cl. The van der Waals surface area contributed by atoms with Crippen molar-refractivity contribution in [2.45, 2.75) is 18.9 Å². The molecule has 1 heterocycles. The van der Waals surface area contributed by atoms with Crippen molar-refractivity contribution in [1.82, 2.24) is 14.4 Å². The Hall–Kier alpha value is -2.38. The van der Waals surface area contributed by atoms with Gasteiger partial charge in [0.15, 0.2) is 0 Å². The molecule has 8 heteroatoms. The van der Waals surface area contributed by atoms with Crippen LogP contribution in [0.2, 0.25) is 0 Å². The second-order valence-corrected chi connectivity index (χ2v) is 7.98. The number of rotatable bonds is 8. The number of hydrogen-bond acceptors (Lipinski definition) is 4. The summed E-state index contributed by atoms with van der Waals surface area (Å²) >= 11 is 0. The van der Waals surface area contributed by atoms with Gasteiger partial charge in [-0.2, -0.15) is 0 Å². The predicted octanol–water partition coefficient (Wildman–Crippen LogP) is 3.26. The van der Waals surface area contributed by atoms with E-state index in [2.05, 4.69) is 4.90 Å². The van der Waals surface area contributed by atoms with Gasteiger partial charge in [-0.25, -0.2) is 0 Å². The largest absolute Gasteiger partial charge is 0.335 e. The van der Waals surface area contributed by atoms with Gasteiger partial charge in [-0.1, -0.05) is 48.5 Å². The number of likely N-dealkylation sites (N-methyl/N-ethyl adjacent to an activating group) is 2. The summed E-state index contributed by atoms with van der Waals surface area (Å²) in [5.74, 6) is -0.387. The molecule has 0 saturated carbocycles. The standard InChI is InChI=1S/C24H30N4O2.2ClH/c1-26(2)14-13-19-16-28(22-12-8-7-11-20(19)22)23(29)17-27(3)24(30)21(25)15-18-9-5-4-6-10-18;;/h4-12,16,21H,13-15,17,25H2,1-3H3;2*1H. The van der Waals surface area contributed by atoms with Crippen molar-refractivity contribution in [2.75, 3.05) is 34.2 Å². The van der Waals surface area contributed by atoms with Crippen LogP contribution in [0.25, 0.3) is 10.9 Å². The van der Waals surface area contributed by atoms with Gasteiger partial charge in [-0.3, -0.25) is 14.2 Å². The lowest BCUT2D eigenvalue weighted by atomic mass is 10.1. The highest BCUT2D eigenvalue weighted by atomic mass is 35.5. The van der Waals surface area contributed by atoms with Crippen molar-refractivity contribution >= 4 is 47.5 Å². The summed E-state index contributed by atoms with van der Waals surface area (Å²) < 4.78 is 1.66. The molecule has 0 bridgehead atoms. The third-order valence-corrected chi connectivity index (χ3v) is 5.26. The first-order valence-corrected chi connectivity index (χ1v) is 10.2. The van der Waals surface area contributed by atoms with Crippen LogP contribution in [0.5, 0.6) is 0 Å². The zero-order chi connectivity index (χ0) is 21.7. The van der Waals surface area contributed by atoms with E-state index in [0.717, 1.165) is 35.0 Å². The molecule has 1 aromatic heterocycles. The molecule has 1 unspecified atom stereocenters. The van der Waals surface area contributed by atoms with E-state index in [1.54, 1.807) is 11.6 Å². The number of carbonyl (C=O) groups excluding carboxylic acids is 2. The minimum Gasteiger partial charge on any atom is -0.335 e. The van der Waals surface area contributed by atoms with Crippen molar-refractivity contribution < 1.29 is 9.59 Å². The van der Waals surface area contributed by atoms with E-state index in [-0.39, 0.29) is 43.2 Å². The van der Waals surface area contributed by atoms with E-state index in [1.807, 2.05) is 74.9 Å². The van der Waals surface area contributed by atoms with Crippen molar-refractivity contribution in [3.63, 3.8) is 0 Å². The number of fused-ring (bicyclic) bond motifs is 1. The summed E-state index contributed by atoms with van der Waals surface area (Å²) in [6.45, 7) is 0.877. The van der Waals surface area contributed by atoms with Crippen LogP contribution in [-0.2, 0) is 17.6 Å². The molecule has 174 valence electrons. The summed E-state index contributed by atoms with van der Waals surface area (Å²) in [5, 5.41) is 1.07. The molecule has 0 aliphatic rings. The smallest absolute Gasteiger partial charge is 0.250 e. The first kappa shape index (κ1) is 27.7. The molecule has 0 saturated heterocycles. The third kappa shape index (κ3) is 6.81. The first-order chi connectivity index (χ1) is 14.4. The third-order valence-electron chi connectivity index (χ3n) is 5.26. The number of hydrogen-bond donors (Lipinski definition) is 1. The molecular weight excluding hydrogens is 447 g/mol. The summed E-state index contributed by atoms with van der Waals surface area (Å²) in [4.78, 5) is 29.3. The van der Waals surface area contributed by atoms with Gasteiger partial charge in [0.25, 0.3) is 5.91 Å². The molecule has 0 aliphatic heterocycles. The van der Waals surface area contributed by atoms with Crippen LogP contribution in [0.15, 0.2) is 60.8 Å². The Bertz CT molecular complexity index is 1020. The van der Waals surface area contributed by atoms with Gasteiger partial charge in [0, 0.05) is 25.2 Å². The summed E-state index contributed by atoms with van der Waals surface area (Å²) in [5.41, 5.74) is 9.11. The molecule has 1 amide bonds. The van der Waals surface area contributed by atoms with Gasteiger partial charge in [-0.15, -0.1) is 24.8 Å². The van der Waals surface area contributed by atoms with E-state index in [4.69, 9.17) is 5.73 Å². The molecule has 3 aromatic rings. The molecule has 0 spiro atoms. The topological polar surface area (TPSA) is 71.6 Å². The lowest BCUT2D eigenvalue weighted by Gasteiger charge is -2.21. The number of aromatic nitrogens is 1. The Balaban J connectivity index is 0.00000256. The fraction of sp³-hybridized carbons (Fsp3) is 0.333. The number of amides is 1. The Morgan fingerprint density at radius 1 is 0.969 bits per heavy atom. The van der Waals surface area contributed by atoms with Crippen LogP contribution in [0.3, 0.4) is 0 Å². The van der Waals surface area contributed by atoms with Gasteiger partial charge in [0.2, 0.25) is 5.91 Å². The van der Waals surface area contributed by atoms with E-state index in [1.165, 1.54) is 4.90 Å². The Kier molecular flexibility index (Phi) is 10.9. The Labute approximate surface area is 202 Å². The average molecular weight is 479 g/mol. The highest BCUT2D eigenvalue weighted by molar-refractivity contribution is 5.96. The highest BCUT2D eigenvalue weighted by Crippen LogP contribution is 2.22. The van der Waals surface area contributed by atoms with Crippen LogP contribution < -0.4 is 5.73 Å². The van der Waals surface area contributed by atoms with Gasteiger partial charge < -0.3 is 15.5 Å². The monoisotopic (exact) mass is 478 g/mol. The minimum atomic E-state index is -0.678. The maximum Gasteiger partial charge on any atom is 0.250 e. The predicted molar refractivity (Wildman–Crippen MR) is 135 cm³/mol. The second-order valence-electron chi connectivity index (χ2n) is 7.98. The second kappa shape index (κ2) is 12.6. The number of carbonyl (C=O) groups is 2. The average Bonchev–Trinajstić information content (AvgIpc) is 3.11. The molecule has 3 rings (SSSR count). The number of benzene rings is 2. The summed E-state index contributed by atoms with van der Waals surface area (Å²) in [7, 11) is 5.69. The highest BCUT2D eigenvalue weighted by Gasteiger charge is 2.22. The van der Waals surface area contributed by atoms with Crippen LogP contribution in [0.4, 0.5) is 0 Å². The van der Waals surface area contributed by atoms with Crippen LogP contribution in [-0.4, -0.2) is 66.5 Å². The van der Waals surface area contributed by atoms with Crippen LogP contribution in [0, 0.1) is 0 Å². The van der Waals surface area contributed by atoms with E-state index in [9.17, 15) is 9.59 Å². The fourth-order valence-corrected chi connectivity index (χ4v) is 3.60. The Morgan fingerprint density at radius 2 is 1.59 bits per heavy atom. The maximum absolute atomic E-state index is 13.0. The number of nitrogens with two attached hydrogens (primary N) is 1. The van der Waals surface area contributed by atoms with Gasteiger partial charge in [-0.05, 0) is 44.1 Å². The molecule has 1 atom stereocenters. The van der Waals surface area contributed by atoms with Gasteiger partial charge in [0.05, 0.1) is 11.6 Å². The van der Waals surface area contributed by atoms with Gasteiger partial charge >= 0.3 is 0 Å². The maximum atomic E-state index is 13.0. The van der Waals surface area contributed by atoms with Crippen molar-refractivity contribution in [3.05, 3.63) is 71.9 Å². The first-order valence-electron chi connectivity index (χ1n) is 10.2. The molecule has 0 aliphatic carbocycles. The number of para-hydroxylation sites is 1. The molecule has 6 nitrogen and oxygen atoms in total. The quantitative estimate of drug-likeness (QED) is 0.539. The molecular formula is C24H32Cl2N4O2. The lowest BCUT2D eigenvalue weighted by Crippen LogP contribution is -2.45. The fourth-order valence-electron chi connectivity index (χ4n) is 3.60. The van der Waals surface area contributed by atoms with E-state index in [0.29, 0.717) is 6.42 Å². The molecule has 2 aromatic carbocycles. The molecule has 2 N–H and O–H groups in total. The van der Waals surface area contributed by atoms with Crippen molar-refractivity contribution in [2.24, 2.45) is 5.73 Å². The number of nitrogens with zero attached hydrogens (tertiary/aromatic N) is 3.